The molecule has 6 nitrogen and oxygen atoms in total. The monoisotopic (exact) mass is 465 g/mol. The van der Waals surface area contributed by atoms with Crippen molar-refractivity contribution in [2.24, 2.45) is 5.10 Å². The Kier molecular flexibility index (Phi) is 7.85. The van der Waals surface area contributed by atoms with E-state index in [4.69, 9.17) is 21.1 Å². The molecule has 0 saturated carbocycles. The molecule has 0 spiro atoms. The van der Waals surface area contributed by atoms with E-state index in [9.17, 15) is 4.79 Å². The number of amides is 1. The van der Waals surface area contributed by atoms with Crippen LogP contribution in [0.15, 0.2) is 52.0 Å². The summed E-state index contributed by atoms with van der Waals surface area (Å²) in [6, 6.07) is 13.2. The molecule has 0 aliphatic carbocycles. The summed E-state index contributed by atoms with van der Waals surface area (Å²) in [7, 11) is 0. The normalized spacial score (nSPS) is 14.9. The van der Waals surface area contributed by atoms with Crippen molar-refractivity contribution in [1.29, 1.82) is 0 Å². The lowest BCUT2D eigenvalue weighted by Crippen LogP contribution is -2.42. The first kappa shape index (κ1) is 20.8. The zero-order valence-electron chi connectivity index (χ0n) is 15.2. The van der Waals surface area contributed by atoms with Crippen molar-refractivity contribution in [3.05, 3.63) is 63.1 Å². The van der Waals surface area contributed by atoms with Crippen LogP contribution >= 0.6 is 27.5 Å². The van der Waals surface area contributed by atoms with Gasteiger partial charge in [-0.05, 0) is 45.8 Å². The van der Waals surface area contributed by atoms with Crippen LogP contribution in [0.1, 0.15) is 11.1 Å². The highest BCUT2D eigenvalue weighted by molar-refractivity contribution is 9.10. The zero-order valence-corrected chi connectivity index (χ0v) is 17.6. The van der Waals surface area contributed by atoms with Gasteiger partial charge in [-0.25, -0.2) is 5.43 Å². The first-order valence-corrected chi connectivity index (χ1v) is 10.1. The van der Waals surface area contributed by atoms with Crippen molar-refractivity contribution in [2.75, 3.05) is 32.8 Å². The molecule has 1 amide bonds. The Hall–Kier alpha value is -1.93. The van der Waals surface area contributed by atoms with Crippen LogP contribution in [0.25, 0.3) is 0 Å². The van der Waals surface area contributed by atoms with Gasteiger partial charge in [0.15, 0.2) is 0 Å². The summed E-state index contributed by atoms with van der Waals surface area (Å²) in [5.41, 5.74) is 4.31. The Morgan fingerprint density at radius 2 is 2.07 bits per heavy atom. The molecule has 28 heavy (non-hydrogen) atoms. The van der Waals surface area contributed by atoms with E-state index >= 15 is 0 Å². The first-order chi connectivity index (χ1) is 13.6. The second kappa shape index (κ2) is 10.6. The fourth-order valence-corrected chi connectivity index (χ4v) is 3.36. The number of hydrogen-bond acceptors (Lipinski definition) is 5. The van der Waals surface area contributed by atoms with E-state index in [1.165, 1.54) is 0 Å². The third-order valence-electron chi connectivity index (χ3n) is 4.17. The maximum absolute atomic E-state index is 11.9. The van der Waals surface area contributed by atoms with Gasteiger partial charge in [-0.3, -0.25) is 9.69 Å². The van der Waals surface area contributed by atoms with E-state index in [0.29, 0.717) is 37.1 Å². The van der Waals surface area contributed by atoms with E-state index < -0.39 is 0 Å². The quantitative estimate of drug-likeness (QED) is 0.501. The summed E-state index contributed by atoms with van der Waals surface area (Å²) >= 11 is 9.65. The number of nitrogens with zero attached hydrogens (tertiary/aromatic N) is 2. The van der Waals surface area contributed by atoms with Gasteiger partial charge < -0.3 is 9.47 Å². The lowest BCUT2D eigenvalue weighted by Gasteiger charge is -2.25. The molecular formula is C20H21BrClN3O3. The Morgan fingerprint density at radius 1 is 1.29 bits per heavy atom. The summed E-state index contributed by atoms with van der Waals surface area (Å²) in [5.74, 6) is 0.560. The van der Waals surface area contributed by atoms with Crippen molar-refractivity contribution in [3.63, 3.8) is 0 Å². The number of carbonyl (C=O) groups is 1. The van der Waals surface area contributed by atoms with Crippen LogP contribution < -0.4 is 10.2 Å². The summed E-state index contributed by atoms with van der Waals surface area (Å²) in [5, 5.41) is 4.70. The highest BCUT2D eigenvalue weighted by atomic mass is 79.9. The minimum atomic E-state index is -0.142. The number of hydrazone groups is 1. The molecule has 1 fully saturated rings. The fraction of sp³-hybridized carbons (Fsp3) is 0.300. The standard InChI is InChI=1S/C20H21BrClN3O3/c21-17-11-15(12-23-24-20(26)13-25-7-9-27-10-8-25)5-6-19(17)28-14-16-3-1-2-4-18(16)22/h1-6,11-12H,7-10,13-14H2,(H,24,26)/b23-12+. The van der Waals surface area contributed by atoms with Gasteiger partial charge in [0.1, 0.15) is 12.4 Å². The highest BCUT2D eigenvalue weighted by Crippen LogP contribution is 2.27. The predicted molar refractivity (Wildman–Crippen MR) is 113 cm³/mol. The van der Waals surface area contributed by atoms with E-state index in [1.807, 2.05) is 47.4 Å². The second-order valence-corrected chi connectivity index (χ2v) is 7.51. The lowest BCUT2D eigenvalue weighted by atomic mass is 10.2. The average Bonchev–Trinajstić information content (AvgIpc) is 2.69. The zero-order chi connectivity index (χ0) is 19.8. The Bertz CT molecular complexity index is 841. The number of hydrogen-bond donors (Lipinski definition) is 1. The summed E-state index contributed by atoms with van der Waals surface area (Å²) in [4.78, 5) is 14.0. The van der Waals surface area contributed by atoms with Crippen molar-refractivity contribution >= 4 is 39.7 Å². The van der Waals surface area contributed by atoms with Crippen LogP contribution in [0, 0.1) is 0 Å². The van der Waals surface area contributed by atoms with Crippen molar-refractivity contribution in [1.82, 2.24) is 10.3 Å². The molecular weight excluding hydrogens is 446 g/mol. The number of carbonyl (C=O) groups excluding carboxylic acids is 1. The Labute approximate surface area is 177 Å². The fourth-order valence-electron chi connectivity index (χ4n) is 2.66. The van der Waals surface area contributed by atoms with Crippen LogP contribution in [-0.2, 0) is 16.1 Å². The van der Waals surface area contributed by atoms with Gasteiger partial charge in [-0.1, -0.05) is 29.8 Å². The van der Waals surface area contributed by atoms with Crippen LogP contribution in [-0.4, -0.2) is 49.9 Å². The number of morpholine rings is 1. The van der Waals surface area contributed by atoms with E-state index in [0.717, 1.165) is 28.7 Å². The highest BCUT2D eigenvalue weighted by Gasteiger charge is 2.13. The second-order valence-electron chi connectivity index (χ2n) is 6.25. The van der Waals surface area contributed by atoms with Gasteiger partial charge >= 0.3 is 0 Å². The number of nitrogens with one attached hydrogen (secondary N) is 1. The summed E-state index contributed by atoms with van der Waals surface area (Å²) in [6.07, 6.45) is 1.60. The molecule has 2 aromatic rings. The molecule has 1 N–H and O–H groups in total. The Morgan fingerprint density at radius 3 is 2.82 bits per heavy atom. The van der Waals surface area contributed by atoms with Gasteiger partial charge in [0, 0.05) is 23.7 Å². The first-order valence-electron chi connectivity index (χ1n) is 8.89. The molecule has 2 aromatic carbocycles. The molecule has 0 atom stereocenters. The third kappa shape index (κ3) is 6.31. The smallest absolute Gasteiger partial charge is 0.254 e. The molecule has 1 saturated heterocycles. The SMILES string of the molecule is O=C(CN1CCOCC1)N/N=C/c1ccc(OCc2ccccc2Cl)c(Br)c1. The molecule has 3 rings (SSSR count). The molecule has 1 aliphatic rings. The summed E-state index contributed by atoms with van der Waals surface area (Å²) in [6.45, 7) is 3.55. The number of halogens is 2. The van der Waals surface area contributed by atoms with E-state index in [-0.39, 0.29) is 5.91 Å². The van der Waals surface area contributed by atoms with Crippen LogP contribution in [0.5, 0.6) is 5.75 Å². The van der Waals surface area contributed by atoms with Gasteiger partial charge in [-0.15, -0.1) is 0 Å². The molecule has 148 valence electrons. The molecule has 0 bridgehead atoms. The molecule has 1 aliphatic heterocycles. The number of rotatable bonds is 7. The molecule has 8 heteroatoms. The van der Waals surface area contributed by atoms with Crippen LogP contribution in [0.4, 0.5) is 0 Å². The minimum absolute atomic E-state index is 0.142. The largest absolute Gasteiger partial charge is 0.488 e. The van der Waals surface area contributed by atoms with Gasteiger partial charge in [0.25, 0.3) is 5.91 Å². The van der Waals surface area contributed by atoms with Crippen molar-refractivity contribution in [3.8, 4) is 5.75 Å². The van der Waals surface area contributed by atoms with E-state index in [1.54, 1.807) is 6.21 Å². The predicted octanol–water partition coefficient (Wildman–Crippen LogP) is 3.46. The molecule has 0 aromatic heterocycles. The average molecular weight is 467 g/mol. The van der Waals surface area contributed by atoms with E-state index in [2.05, 4.69) is 26.5 Å². The van der Waals surface area contributed by atoms with Crippen LogP contribution in [0.3, 0.4) is 0 Å². The minimum Gasteiger partial charge on any atom is -0.488 e. The Balaban J connectivity index is 1.49. The number of ether oxygens (including phenoxy) is 2. The molecule has 1 heterocycles. The third-order valence-corrected chi connectivity index (χ3v) is 5.16. The van der Waals surface area contributed by atoms with Gasteiger partial charge in [-0.2, -0.15) is 5.10 Å². The topological polar surface area (TPSA) is 63.2 Å². The van der Waals surface area contributed by atoms with Crippen molar-refractivity contribution < 1.29 is 14.3 Å². The van der Waals surface area contributed by atoms with Gasteiger partial charge in [0.05, 0.1) is 30.4 Å². The maximum Gasteiger partial charge on any atom is 0.254 e. The molecule has 0 unspecified atom stereocenters. The molecule has 0 radical (unpaired) electrons. The summed E-state index contributed by atoms with van der Waals surface area (Å²) < 4.78 is 11.9. The van der Waals surface area contributed by atoms with Crippen LogP contribution in [0.2, 0.25) is 5.02 Å². The lowest BCUT2D eigenvalue weighted by molar-refractivity contribution is -0.123. The maximum atomic E-state index is 11.9. The van der Waals surface area contributed by atoms with Gasteiger partial charge in [0.2, 0.25) is 0 Å². The number of benzene rings is 2. The van der Waals surface area contributed by atoms with Crippen molar-refractivity contribution in [2.45, 2.75) is 6.61 Å².